The molecule has 22 heavy (non-hydrogen) atoms. The predicted octanol–water partition coefficient (Wildman–Crippen LogP) is 3.24. The van der Waals surface area contributed by atoms with E-state index in [4.69, 9.17) is 9.47 Å². The van der Waals surface area contributed by atoms with E-state index >= 15 is 0 Å². The van der Waals surface area contributed by atoms with E-state index in [1.54, 1.807) is 7.11 Å². The lowest BCUT2D eigenvalue weighted by atomic mass is 9.65. The summed E-state index contributed by atoms with van der Waals surface area (Å²) in [5, 5.41) is 10.9. The van der Waals surface area contributed by atoms with E-state index in [9.17, 15) is 5.11 Å². The molecule has 1 aliphatic carbocycles. The summed E-state index contributed by atoms with van der Waals surface area (Å²) in [7, 11) is 1.69. The summed E-state index contributed by atoms with van der Waals surface area (Å²) in [6, 6.07) is 14.1. The topological polar surface area (TPSA) is 38.7 Å². The number of aliphatic hydroxyl groups is 1. The van der Waals surface area contributed by atoms with Crippen LogP contribution in [0.5, 0.6) is 11.5 Å². The fraction of sp³-hybridized carbons (Fsp3) is 0.368. The summed E-state index contributed by atoms with van der Waals surface area (Å²) >= 11 is 0. The Labute approximate surface area is 130 Å². The van der Waals surface area contributed by atoms with Crippen LogP contribution in [0.1, 0.15) is 36.0 Å². The molecular formula is C19H20O3. The largest absolute Gasteiger partial charge is 0.496 e. The van der Waals surface area contributed by atoms with Crippen LogP contribution in [-0.2, 0) is 5.41 Å². The summed E-state index contributed by atoms with van der Waals surface area (Å²) in [6.07, 6.45) is 0.269. The fourth-order valence-electron chi connectivity index (χ4n) is 4.10. The lowest BCUT2D eigenvalue weighted by Crippen LogP contribution is -2.39. The average molecular weight is 296 g/mol. The van der Waals surface area contributed by atoms with E-state index in [2.05, 4.69) is 19.1 Å². The van der Waals surface area contributed by atoms with E-state index in [0.29, 0.717) is 13.0 Å². The summed E-state index contributed by atoms with van der Waals surface area (Å²) < 4.78 is 11.5. The third kappa shape index (κ3) is 1.78. The van der Waals surface area contributed by atoms with Crippen LogP contribution in [0.2, 0.25) is 0 Å². The number of hydrogen-bond donors (Lipinski definition) is 1. The molecule has 0 saturated heterocycles. The average Bonchev–Trinajstić information content (AvgIpc) is 2.86. The Kier molecular flexibility index (Phi) is 2.95. The predicted molar refractivity (Wildman–Crippen MR) is 84.7 cm³/mol. The number of rotatable bonds is 2. The summed E-state index contributed by atoms with van der Waals surface area (Å²) in [5.41, 5.74) is 3.29. The van der Waals surface area contributed by atoms with Crippen LogP contribution in [0.3, 0.4) is 0 Å². The van der Waals surface area contributed by atoms with Crippen LogP contribution in [-0.4, -0.2) is 24.9 Å². The fourth-order valence-corrected chi connectivity index (χ4v) is 4.10. The molecule has 0 bridgehead atoms. The Morgan fingerprint density at radius 1 is 1.18 bits per heavy atom. The van der Waals surface area contributed by atoms with Crippen LogP contribution >= 0.6 is 0 Å². The van der Waals surface area contributed by atoms with Crippen LogP contribution in [0.15, 0.2) is 42.5 Å². The van der Waals surface area contributed by atoms with Gasteiger partial charge in [-0.15, -0.1) is 0 Å². The van der Waals surface area contributed by atoms with E-state index in [-0.39, 0.29) is 11.3 Å². The first-order valence-electron chi connectivity index (χ1n) is 7.71. The quantitative estimate of drug-likeness (QED) is 0.924. The summed E-state index contributed by atoms with van der Waals surface area (Å²) in [5.74, 6) is 1.70. The van der Waals surface area contributed by atoms with Gasteiger partial charge in [0.1, 0.15) is 11.5 Å². The number of aliphatic hydroxyl groups excluding tert-OH is 1. The number of hydrogen-bond acceptors (Lipinski definition) is 3. The molecule has 1 heterocycles. The van der Waals surface area contributed by atoms with E-state index in [1.807, 2.05) is 30.3 Å². The lowest BCUT2D eigenvalue weighted by molar-refractivity contribution is 0.0975. The lowest BCUT2D eigenvalue weighted by Gasteiger charge is -2.39. The maximum atomic E-state index is 10.9. The molecule has 0 spiro atoms. The van der Waals surface area contributed by atoms with E-state index < -0.39 is 6.10 Å². The van der Waals surface area contributed by atoms with E-state index in [0.717, 1.165) is 22.6 Å². The molecule has 114 valence electrons. The Bertz CT molecular complexity index is 710. The molecule has 0 aromatic heterocycles. The zero-order valence-corrected chi connectivity index (χ0v) is 12.9. The van der Waals surface area contributed by atoms with Crippen molar-refractivity contribution in [1.82, 2.24) is 0 Å². The first-order valence-corrected chi connectivity index (χ1v) is 7.71. The highest BCUT2D eigenvalue weighted by Gasteiger charge is 2.48. The highest BCUT2D eigenvalue weighted by molar-refractivity contribution is 5.60. The zero-order valence-electron chi connectivity index (χ0n) is 12.9. The van der Waals surface area contributed by atoms with Gasteiger partial charge in [0, 0.05) is 22.5 Å². The van der Waals surface area contributed by atoms with Crippen LogP contribution in [0.25, 0.3) is 0 Å². The van der Waals surface area contributed by atoms with Crippen molar-refractivity contribution in [2.75, 3.05) is 13.7 Å². The van der Waals surface area contributed by atoms with Crippen molar-refractivity contribution >= 4 is 0 Å². The van der Waals surface area contributed by atoms with Crippen molar-refractivity contribution in [2.24, 2.45) is 0 Å². The normalized spacial score (nSPS) is 28.9. The van der Waals surface area contributed by atoms with Gasteiger partial charge < -0.3 is 14.6 Å². The van der Waals surface area contributed by atoms with Crippen molar-refractivity contribution < 1.29 is 14.6 Å². The zero-order chi connectivity index (χ0) is 15.3. The standard InChI is InChI=1S/C19H20O3/c1-19-10-13(20)16(12-6-4-3-5-7-12)17-14(21-2)8-9-15(18(17)19)22-11-19/h3-9,13,16,20H,10-11H2,1-2H3/t13-,16+,19-/m0/s1. The molecule has 3 atom stereocenters. The second-order valence-electron chi connectivity index (χ2n) is 6.56. The van der Waals surface area contributed by atoms with E-state index in [1.165, 1.54) is 5.56 Å². The first-order chi connectivity index (χ1) is 10.6. The molecule has 0 saturated carbocycles. The molecule has 0 fully saturated rings. The van der Waals surface area contributed by atoms with Gasteiger partial charge in [-0.1, -0.05) is 37.3 Å². The van der Waals surface area contributed by atoms with Crippen LogP contribution in [0, 0.1) is 0 Å². The van der Waals surface area contributed by atoms with Gasteiger partial charge in [-0.2, -0.15) is 0 Å². The van der Waals surface area contributed by atoms with Crippen molar-refractivity contribution in [3.8, 4) is 11.5 Å². The van der Waals surface area contributed by atoms with Gasteiger partial charge in [0.25, 0.3) is 0 Å². The van der Waals surface area contributed by atoms with Gasteiger partial charge in [0.05, 0.1) is 19.8 Å². The second kappa shape index (κ2) is 4.75. The molecule has 0 unspecified atom stereocenters. The molecular weight excluding hydrogens is 276 g/mol. The maximum absolute atomic E-state index is 10.9. The van der Waals surface area contributed by atoms with Crippen molar-refractivity contribution in [3.63, 3.8) is 0 Å². The van der Waals surface area contributed by atoms with Crippen LogP contribution in [0.4, 0.5) is 0 Å². The second-order valence-corrected chi connectivity index (χ2v) is 6.56. The third-order valence-corrected chi connectivity index (χ3v) is 5.05. The molecule has 1 N–H and O–H groups in total. The maximum Gasteiger partial charge on any atom is 0.123 e. The monoisotopic (exact) mass is 296 g/mol. The van der Waals surface area contributed by atoms with Crippen LogP contribution < -0.4 is 9.47 Å². The molecule has 1 aliphatic heterocycles. The molecule has 2 aliphatic rings. The first kappa shape index (κ1) is 13.6. The number of ether oxygens (including phenoxy) is 2. The van der Waals surface area contributed by atoms with Crippen molar-refractivity contribution in [1.29, 1.82) is 0 Å². The Balaban J connectivity index is 1.99. The number of methoxy groups -OCH3 is 1. The summed E-state index contributed by atoms with van der Waals surface area (Å²) in [6.45, 7) is 2.80. The van der Waals surface area contributed by atoms with Gasteiger partial charge in [-0.3, -0.25) is 0 Å². The molecule has 0 radical (unpaired) electrons. The van der Waals surface area contributed by atoms with Gasteiger partial charge in [-0.05, 0) is 24.1 Å². The molecule has 3 heteroatoms. The van der Waals surface area contributed by atoms with Crippen molar-refractivity contribution in [2.45, 2.75) is 30.8 Å². The SMILES string of the molecule is COc1ccc2c3c1[C@H](c1ccccc1)[C@@H](O)C[C@@]3(C)CO2. The molecule has 2 aromatic carbocycles. The van der Waals surface area contributed by atoms with Gasteiger partial charge >= 0.3 is 0 Å². The molecule has 0 amide bonds. The molecule has 2 aromatic rings. The third-order valence-electron chi connectivity index (χ3n) is 5.05. The minimum Gasteiger partial charge on any atom is -0.496 e. The van der Waals surface area contributed by atoms with Gasteiger partial charge in [-0.25, -0.2) is 0 Å². The Morgan fingerprint density at radius 2 is 1.95 bits per heavy atom. The summed E-state index contributed by atoms with van der Waals surface area (Å²) in [4.78, 5) is 0. The highest BCUT2D eigenvalue weighted by Crippen LogP contribution is 2.55. The highest BCUT2D eigenvalue weighted by atomic mass is 16.5. The smallest absolute Gasteiger partial charge is 0.123 e. The van der Waals surface area contributed by atoms with Crippen molar-refractivity contribution in [3.05, 3.63) is 59.2 Å². The number of benzene rings is 2. The Hall–Kier alpha value is -2.00. The minimum atomic E-state index is -0.439. The van der Waals surface area contributed by atoms with Gasteiger partial charge in [0.15, 0.2) is 0 Å². The Morgan fingerprint density at radius 3 is 2.68 bits per heavy atom. The van der Waals surface area contributed by atoms with Gasteiger partial charge in [0.2, 0.25) is 0 Å². The molecule has 3 nitrogen and oxygen atoms in total. The molecule has 4 rings (SSSR count). The minimum absolute atomic E-state index is 0.0686.